The number of isocyanates is 1. The van der Waals surface area contributed by atoms with Gasteiger partial charge in [0.25, 0.3) is 5.91 Å². The number of hydrogen-bond donors (Lipinski definition) is 0. The molecule has 60 valence electrons. The quantitative estimate of drug-likeness (QED) is 0.393. The number of thiophene rings is 1. The standard InChI is InChI=1S/C8H5NO2S/c10-6-9-8(11)4-3-7-2-1-5-12-7/h1-5H. The third-order valence-corrected chi connectivity index (χ3v) is 1.93. The van der Waals surface area contributed by atoms with Crippen molar-refractivity contribution in [2.75, 3.05) is 0 Å². The van der Waals surface area contributed by atoms with Gasteiger partial charge in [-0.1, -0.05) is 6.07 Å². The molecule has 0 radical (unpaired) electrons. The van der Waals surface area contributed by atoms with E-state index in [0.29, 0.717) is 0 Å². The molecule has 0 N–H and O–H groups in total. The summed E-state index contributed by atoms with van der Waals surface area (Å²) in [7, 11) is 0. The molecule has 1 heterocycles. The van der Waals surface area contributed by atoms with E-state index in [-0.39, 0.29) is 0 Å². The molecule has 0 unspecified atom stereocenters. The second-order valence-electron chi connectivity index (χ2n) is 1.89. The minimum Gasteiger partial charge on any atom is -0.267 e. The van der Waals surface area contributed by atoms with Crippen LogP contribution in [0.3, 0.4) is 0 Å². The monoisotopic (exact) mass is 179 g/mol. The molecule has 0 fully saturated rings. The van der Waals surface area contributed by atoms with Crippen LogP contribution in [0.15, 0.2) is 28.6 Å². The number of hydrogen-bond acceptors (Lipinski definition) is 3. The molecule has 0 bridgehead atoms. The molecule has 12 heavy (non-hydrogen) atoms. The van der Waals surface area contributed by atoms with Gasteiger partial charge in [0.1, 0.15) is 0 Å². The summed E-state index contributed by atoms with van der Waals surface area (Å²) >= 11 is 1.50. The number of rotatable bonds is 2. The van der Waals surface area contributed by atoms with Crippen molar-refractivity contribution in [3.63, 3.8) is 0 Å². The molecule has 1 aromatic rings. The van der Waals surface area contributed by atoms with Crippen LogP contribution in [0.25, 0.3) is 6.08 Å². The third-order valence-electron chi connectivity index (χ3n) is 1.09. The minimum atomic E-state index is -0.585. The maximum absolute atomic E-state index is 10.6. The Morgan fingerprint density at radius 1 is 1.67 bits per heavy atom. The summed E-state index contributed by atoms with van der Waals surface area (Å²) in [5, 5.41) is 1.90. The number of nitrogens with zero attached hydrogens (tertiary/aromatic N) is 1. The van der Waals surface area contributed by atoms with E-state index in [1.54, 1.807) is 6.08 Å². The molecule has 0 spiro atoms. The lowest BCUT2D eigenvalue weighted by molar-refractivity contribution is -0.113. The van der Waals surface area contributed by atoms with Gasteiger partial charge in [-0.05, 0) is 17.5 Å². The second-order valence-corrected chi connectivity index (χ2v) is 2.87. The lowest BCUT2D eigenvalue weighted by Gasteiger charge is -1.79. The van der Waals surface area contributed by atoms with E-state index in [2.05, 4.69) is 4.99 Å². The molecular weight excluding hydrogens is 174 g/mol. The molecule has 1 amide bonds. The fraction of sp³-hybridized carbons (Fsp3) is 0. The Morgan fingerprint density at radius 2 is 2.50 bits per heavy atom. The molecule has 0 atom stereocenters. The lowest BCUT2D eigenvalue weighted by Crippen LogP contribution is -1.82. The summed E-state index contributed by atoms with van der Waals surface area (Å²) in [6.07, 6.45) is 4.01. The van der Waals surface area contributed by atoms with Gasteiger partial charge in [-0.3, -0.25) is 4.79 Å². The second kappa shape index (κ2) is 4.38. The molecule has 1 rings (SSSR count). The first kappa shape index (κ1) is 8.59. The molecule has 3 nitrogen and oxygen atoms in total. The van der Waals surface area contributed by atoms with Gasteiger partial charge in [0.2, 0.25) is 6.08 Å². The Hall–Kier alpha value is -1.51. The van der Waals surface area contributed by atoms with Crippen LogP contribution in [-0.2, 0) is 9.59 Å². The van der Waals surface area contributed by atoms with Crippen LogP contribution < -0.4 is 0 Å². The largest absolute Gasteiger partial charge is 0.280 e. The van der Waals surface area contributed by atoms with Gasteiger partial charge in [0.05, 0.1) is 0 Å². The van der Waals surface area contributed by atoms with Gasteiger partial charge in [0.15, 0.2) is 0 Å². The lowest BCUT2D eigenvalue weighted by atomic mass is 10.4. The zero-order chi connectivity index (χ0) is 8.81. The van der Waals surface area contributed by atoms with E-state index in [1.807, 2.05) is 17.5 Å². The average Bonchev–Trinajstić information content (AvgIpc) is 2.53. The normalized spacial score (nSPS) is 9.67. The predicted octanol–water partition coefficient (Wildman–Crippen LogP) is 1.62. The fourth-order valence-electron chi connectivity index (χ4n) is 0.622. The van der Waals surface area contributed by atoms with E-state index in [1.165, 1.54) is 23.5 Å². The van der Waals surface area contributed by atoms with Crippen LogP contribution in [0.4, 0.5) is 0 Å². The van der Waals surface area contributed by atoms with Crippen LogP contribution in [-0.4, -0.2) is 12.0 Å². The summed E-state index contributed by atoms with van der Waals surface area (Å²) in [5.74, 6) is -0.585. The first-order chi connectivity index (χ1) is 5.83. The maximum Gasteiger partial charge on any atom is 0.280 e. The van der Waals surface area contributed by atoms with Gasteiger partial charge in [-0.2, -0.15) is 0 Å². The highest BCUT2D eigenvalue weighted by Gasteiger charge is 1.90. The summed E-state index contributed by atoms with van der Waals surface area (Å²) in [6.45, 7) is 0. The Balaban J connectivity index is 2.62. The molecule has 0 saturated carbocycles. The van der Waals surface area contributed by atoms with E-state index in [9.17, 15) is 9.59 Å². The molecule has 0 aliphatic rings. The number of aliphatic imine (C=N–C) groups is 1. The van der Waals surface area contributed by atoms with Crippen molar-refractivity contribution in [1.82, 2.24) is 0 Å². The maximum atomic E-state index is 10.6. The number of carbonyl (C=O) groups excluding carboxylic acids is 2. The molecule has 0 aliphatic heterocycles. The molecule has 0 saturated heterocycles. The van der Waals surface area contributed by atoms with E-state index >= 15 is 0 Å². The van der Waals surface area contributed by atoms with Crippen molar-refractivity contribution in [2.24, 2.45) is 4.99 Å². The van der Waals surface area contributed by atoms with Crippen molar-refractivity contribution < 1.29 is 9.59 Å². The van der Waals surface area contributed by atoms with Crippen LogP contribution in [0.5, 0.6) is 0 Å². The van der Waals surface area contributed by atoms with Crippen LogP contribution in [0, 0.1) is 0 Å². The summed E-state index contributed by atoms with van der Waals surface area (Å²) < 4.78 is 0. The van der Waals surface area contributed by atoms with E-state index in [4.69, 9.17) is 0 Å². The first-order valence-corrected chi connectivity index (χ1v) is 4.04. The summed E-state index contributed by atoms with van der Waals surface area (Å²) in [5.41, 5.74) is 0. The minimum absolute atomic E-state index is 0.585. The van der Waals surface area contributed by atoms with Gasteiger partial charge in [-0.25, -0.2) is 4.79 Å². The summed E-state index contributed by atoms with van der Waals surface area (Å²) in [4.78, 5) is 24.1. The van der Waals surface area contributed by atoms with Crippen molar-refractivity contribution in [3.8, 4) is 0 Å². The zero-order valence-electron chi connectivity index (χ0n) is 6.06. The van der Waals surface area contributed by atoms with Crippen LogP contribution >= 0.6 is 11.3 Å². The molecular formula is C8H5NO2S. The van der Waals surface area contributed by atoms with Crippen LogP contribution in [0.1, 0.15) is 4.88 Å². The highest BCUT2D eigenvalue weighted by atomic mass is 32.1. The van der Waals surface area contributed by atoms with Crippen molar-refractivity contribution >= 4 is 29.4 Å². The zero-order valence-corrected chi connectivity index (χ0v) is 6.88. The van der Waals surface area contributed by atoms with Crippen molar-refractivity contribution in [2.45, 2.75) is 0 Å². The Labute approximate surface area is 73.1 Å². The number of amides is 1. The molecule has 4 heteroatoms. The molecule has 0 aliphatic carbocycles. The Morgan fingerprint density at radius 3 is 3.08 bits per heavy atom. The van der Waals surface area contributed by atoms with Crippen molar-refractivity contribution in [1.29, 1.82) is 0 Å². The van der Waals surface area contributed by atoms with Gasteiger partial charge >= 0.3 is 0 Å². The Kier molecular flexibility index (Phi) is 3.14. The SMILES string of the molecule is O=C=NC(=O)C=Cc1cccs1. The number of carbonyl (C=O) groups is 1. The smallest absolute Gasteiger partial charge is 0.267 e. The highest BCUT2D eigenvalue weighted by Crippen LogP contribution is 2.09. The van der Waals surface area contributed by atoms with E-state index < -0.39 is 5.91 Å². The fourth-order valence-corrected chi connectivity index (χ4v) is 1.24. The van der Waals surface area contributed by atoms with Gasteiger partial charge in [0, 0.05) is 11.0 Å². The topological polar surface area (TPSA) is 46.5 Å². The average molecular weight is 179 g/mol. The van der Waals surface area contributed by atoms with Gasteiger partial charge < -0.3 is 0 Å². The predicted molar refractivity (Wildman–Crippen MR) is 46.5 cm³/mol. The van der Waals surface area contributed by atoms with E-state index in [0.717, 1.165) is 4.88 Å². The van der Waals surface area contributed by atoms with Gasteiger partial charge in [-0.15, -0.1) is 16.3 Å². The van der Waals surface area contributed by atoms with Crippen molar-refractivity contribution in [3.05, 3.63) is 28.5 Å². The highest BCUT2D eigenvalue weighted by molar-refractivity contribution is 7.10. The summed E-state index contributed by atoms with van der Waals surface area (Å²) in [6, 6.07) is 3.73. The first-order valence-electron chi connectivity index (χ1n) is 3.16. The molecule has 1 aromatic heterocycles. The third kappa shape index (κ3) is 2.62. The Bertz CT molecular complexity index is 334. The van der Waals surface area contributed by atoms with Crippen LogP contribution in [0.2, 0.25) is 0 Å². The molecule has 0 aromatic carbocycles.